The zero-order valence-electron chi connectivity index (χ0n) is 11.1. The Bertz CT molecular complexity index is 474. The number of nitrogens with one attached hydrogen (secondary N) is 1. The summed E-state index contributed by atoms with van der Waals surface area (Å²) in [4.78, 5) is 11.4. The molecule has 1 heterocycles. The summed E-state index contributed by atoms with van der Waals surface area (Å²) in [6.45, 7) is 2.34. The second kappa shape index (κ2) is 7.07. The van der Waals surface area contributed by atoms with Crippen molar-refractivity contribution in [1.29, 1.82) is 0 Å². The molecule has 0 unspecified atom stereocenters. The van der Waals surface area contributed by atoms with Gasteiger partial charge in [0.05, 0.1) is 23.3 Å². The molecule has 114 valence electrons. The van der Waals surface area contributed by atoms with Gasteiger partial charge in [-0.1, -0.05) is 0 Å². The average molecular weight is 358 g/mol. The zero-order chi connectivity index (χ0) is 15.3. The molecule has 0 bridgehead atoms. The molecule has 0 spiro atoms. The molecule has 0 aliphatic rings. The van der Waals surface area contributed by atoms with Crippen LogP contribution in [0.4, 0.5) is 13.2 Å². The van der Waals surface area contributed by atoms with Crippen molar-refractivity contribution in [2.45, 2.75) is 26.1 Å². The lowest BCUT2D eigenvalue weighted by atomic mass is 10.3. The topological polar surface area (TPSA) is 56.1 Å². The zero-order valence-corrected chi connectivity index (χ0v) is 12.6. The van der Waals surface area contributed by atoms with Gasteiger partial charge < -0.3 is 10.1 Å². The van der Waals surface area contributed by atoms with Gasteiger partial charge in [0.15, 0.2) is 5.69 Å². The van der Waals surface area contributed by atoms with E-state index in [1.54, 1.807) is 0 Å². The van der Waals surface area contributed by atoms with Gasteiger partial charge in [-0.2, -0.15) is 18.3 Å². The van der Waals surface area contributed by atoms with Gasteiger partial charge in [-0.05, 0) is 22.9 Å². The summed E-state index contributed by atoms with van der Waals surface area (Å²) in [5.41, 5.74) is -0.642. The third kappa shape index (κ3) is 4.48. The molecule has 9 heteroatoms. The summed E-state index contributed by atoms with van der Waals surface area (Å²) in [5, 5.41) is 6.08. The highest BCUT2D eigenvalue weighted by Crippen LogP contribution is 2.35. The van der Waals surface area contributed by atoms with Crippen molar-refractivity contribution < 1.29 is 22.7 Å². The van der Waals surface area contributed by atoms with Crippen molar-refractivity contribution in [2.24, 2.45) is 0 Å². The SMILES string of the molecule is COCCNC(=O)CCn1nc(C(F)(F)F)c(Br)c1C. The fourth-order valence-corrected chi connectivity index (χ4v) is 2.02. The smallest absolute Gasteiger partial charge is 0.383 e. The molecule has 0 aromatic carbocycles. The number of nitrogens with zero attached hydrogens (tertiary/aromatic N) is 2. The number of hydrogen-bond donors (Lipinski definition) is 1. The minimum Gasteiger partial charge on any atom is -0.383 e. The van der Waals surface area contributed by atoms with Crippen LogP contribution in [0.25, 0.3) is 0 Å². The van der Waals surface area contributed by atoms with Gasteiger partial charge in [-0.15, -0.1) is 0 Å². The quantitative estimate of drug-likeness (QED) is 0.793. The molecular weight excluding hydrogens is 343 g/mol. The lowest BCUT2D eigenvalue weighted by Crippen LogP contribution is -2.28. The average Bonchev–Trinajstić information content (AvgIpc) is 2.64. The van der Waals surface area contributed by atoms with E-state index in [0.717, 1.165) is 0 Å². The van der Waals surface area contributed by atoms with E-state index in [9.17, 15) is 18.0 Å². The van der Waals surface area contributed by atoms with Crippen LogP contribution in [0.2, 0.25) is 0 Å². The van der Waals surface area contributed by atoms with Crippen molar-refractivity contribution >= 4 is 21.8 Å². The first-order valence-corrected chi connectivity index (χ1v) is 6.62. The molecule has 1 N–H and O–H groups in total. The maximum atomic E-state index is 12.6. The minimum absolute atomic E-state index is 0.0516. The number of amides is 1. The number of aromatic nitrogens is 2. The van der Waals surface area contributed by atoms with Crippen LogP contribution in [-0.4, -0.2) is 35.9 Å². The lowest BCUT2D eigenvalue weighted by Gasteiger charge is -2.06. The Labute approximate surface area is 122 Å². The predicted octanol–water partition coefficient (Wildman–Crippen LogP) is 2.13. The van der Waals surface area contributed by atoms with Gasteiger partial charge in [0.25, 0.3) is 0 Å². The highest BCUT2D eigenvalue weighted by molar-refractivity contribution is 9.10. The number of ether oxygens (including phenoxy) is 1. The number of halogens is 4. The van der Waals surface area contributed by atoms with Crippen LogP contribution in [0.5, 0.6) is 0 Å². The first kappa shape index (κ1) is 17.0. The molecule has 0 saturated heterocycles. The summed E-state index contributed by atoms with van der Waals surface area (Å²) in [6.07, 6.45) is -4.47. The monoisotopic (exact) mass is 357 g/mol. The molecule has 1 rings (SSSR count). The van der Waals surface area contributed by atoms with Gasteiger partial charge >= 0.3 is 6.18 Å². The maximum Gasteiger partial charge on any atom is 0.436 e. The number of methoxy groups -OCH3 is 1. The number of carbonyl (C=O) groups is 1. The van der Waals surface area contributed by atoms with Crippen LogP contribution in [0.15, 0.2) is 4.47 Å². The second-order valence-electron chi connectivity index (χ2n) is 4.06. The summed E-state index contributed by atoms with van der Waals surface area (Å²) in [5.74, 6) is -0.262. The highest BCUT2D eigenvalue weighted by Gasteiger charge is 2.37. The Balaban J connectivity index is 2.63. The van der Waals surface area contributed by atoms with Gasteiger partial charge in [-0.25, -0.2) is 0 Å². The van der Waals surface area contributed by atoms with E-state index in [1.807, 2.05) is 0 Å². The van der Waals surface area contributed by atoms with Gasteiger partial charge in [0, 0.05) is 20.1 Å². The van der Waals surface area contributed by atoms with Crippen LogP contribution in [0.1, 0.15) is 17.8 Å². The Morgan fingerprint density at radius 2 is 2.15 bits per heavy atom. The van der Waals surface area contributed by atoms with Crippen LogP contribution >= 0.6 is 15.9 Å². The van der Waals surface area contributed by atoms with Crippen molar-refractivity contribution in [2.75, 3.05) is 20.3 Å². The highest BCUT2D eigenvalue weighted by atomic mass is 79.9. The van der Waals surface area contributed by atoms with E-state index < -0.39 is 11.9 Å². The number of rotatable bonds is 6. The molecule has 1 aromatic rings. The van der Waals surface area contributed by atoms with E-state index in [4.69, 9.17) is 4.74 Å². The van der Waals surface area contributed by atoms with Crippen molar-refractivity contribution in [3.63, 3.8) is 0 Å². The molecule has 1 amide bonds. The molecule has 0 aliphatic heterocycles. The number of carbonyl (C=O) groups excluding carboxylic acids is 1. The van der Waals surface area contributed by atoms with Gasteiger partial charge in [0.2, 0.25) is 5.91 Å². The van der Waals surface area contributed by atoms with Gasteiger partial charge in [-0.3, -0.25) is 9.48 Å². The predicted molar refractivity (Wildman–Crippen MR) is 69.2 cm³/mol. The van der Waals surface area contributed by atoms with Crippen LogP contribution in [0.3, 0.4) is 0 Å². The Hall–Kier alpha value is -1.09. The van der Waals surface area contributed by atoms with E-state index in [1.165, 1.54) is 18.7 Å². The first-order chi connectivity index (χ1) is 9.27. The summed E-state index contributed by atoms with van der Waals surface area (Å²) < 4.78 is 43.8. The Morgan fingerprint density at radius 3 is 2.65 bits per heavy atom. The molecule has 0 radical (unpaired) electrons. The standard InChI is InChI=1S/C11H15BrF3N3O2/c1-7-9(12)10(11(13,14)15)17-18(7)5-3-8(19)16-4-6-20-2/h3-6H2,1-2H3,(H,16,19). The molecule has 0 saturated carbocycles. The molecule has 0 fully saturated rings. The Kier molecular flexibility index (Phi) is 6.00. The fourth-order valence-electron chi connectivity index (χ4n) is 1.51. The normalized spacial score (nSPS) is 11.7. The minimum atomic E-state index is -4.52. The number of aryl methyl sites for hydroxylation is 1. The third-order valence-corrected chi connectivity index (χ3v) is 3.53. The first-order valence-electron chi connectivity index (χ1n) is 5.83. The number of alkyl halides is 3. The van der Waals surface area contributed by atoms with Crippen molar-refractivity contribution in [1.82, 2.24) is 15.1 Å². The lowest BCUT2D eigenvalue weighted by molar-refractivity contribution is -0.142. The second-order valence-corrected chi connectivity index (χ2v) is 4.85. The molecule has 20 heavy (non-hydrogen) atoms. The van der Waals surface area contributed by atoms with Crippen molar-refractivity contribution in [3.05, 3.63) is 15.9 Å². The van der Waals surface area contributed by atoms with Crippen LogP contribution < -0.4 is 5.32 Å². The fraction of sp³-hybridized carbons (Fsp3) is 0.636. The van der Waals surface area contributed by atoms with E-state index >= 15 is 0 Å². The van der Waals surface area contributed by atoms with Gasteiger partial charge in [0.1, 0.15) is 0 Å². The Morgan fingerprint density at radius 1 is 1.50 bits per heavy atom. The van der Waals surface area contributed by atoms with E-state index in [2.05, 4.69) is 26.3 Å². The number of hydrogen-bond acceptors (Lipinski definition) is 3. The summed E-state index contributed by atoms with van der Waals surface area (Å²) >= 11 is 2.87. The largest absolute Gasteiger partial charge is 0.436 e. The third-order valence-electron chi connectivity index (χ3n) is 2.58. The summed E-state index contributed by atoms with van der Waals surface area (Å²) in [6, 6.07) is 0. The molecule has 5 nitrogen and oxygen atoms in total. The van der Waals surface area contributed by atoms with Crippen molar-refractivity contribution in [3.8, 4) is 0 Å². The molecule has 0 atom stereocenters. The van der Waals surface area contributed by atoms with Crippen LogP contribution in [-0.2, 0) is 22.3 Å². The van der Waals surface area contributed by atoms with E-state index in [0.29, 0.717) is 18.8 Å². The van der Waals surface area contributed by atoms with E-state index in [-0.39, 0.29) is 23.3 Å². The molecule has 0 aliphatic carbocycles. The van der Waals surface area contributed by atoms with Crippen LogP contribution in [0, 0.1) is 6.92 Å². The maximum absolute atomic E-state index is 12.6. The molecule has 1 aromatic heterocycles. The molecular formula is C11H15BrF3N3O2. The summed E-state index contributed by atoms with van der Waals surface area (Å²) in [7, 11) is 1.51.